The molecule has 1 saturated heterocycles. The average Bonchev–Trinajstić information content (AvgIpc) is 2.17. The molecule has 1 amide bonds. The molecule has 1 heterocycles. The lowest BCUT2D eigenvalue weighted by Gasteiger charge is -2.45. The van der Waals surface area contributed by atoms with E-state index in [1.54, 1.807) is 0 Å². The Kier molecular flexibility index (Phi) is 3.73. The van der Waals surface area contributed by atoms with Gasteiger partial charge >= 0.3 is 0 Å². The van der Waals surface area contributed by atoms with E-state index in [1.807, 2.05) is 7.05 Å². The molecule has 0 aromatic rings. The first-order valence-electron chi connectivity index (χ1n) is 5.56. The molecule has 1 aliphatic rings. The van der Waals surface area contributed by atoms with E-state index < -0.39 is 0 Å². The highest BCUT2D eigenvalue weighted by Crippen LogP contribution is 2.36. The minimum absolute atomic E-state index is 0.128. The molecule has 3 N–H and O–H groups in total. The number of ether oxygens (including phenoxy) is 1. The lowest BCUT2D eigenvalue weighted by atomic mass is 9.77. The summed E-state index contributed by atoms with van der Waals surface area (Å²) in [4.78, 5) is 11.1. The number of hydrogen-bond acceptors (Lipinski definition) is 3. The second-order valence-electron chi connectivity index (χ2n) is 4.75. The van der Waals surface area contributed by atoms with Crippen LogP contribution in [0.15, 0.2) is 0 Å². The highest BCUT2D eigenvalue weighted by atomic mass is 16.5. The third-order valence-electron chi connectivity index (χ3n) is 3.53. The number of nitrogens with one attached hydrogen (secondary N) is 1. The van der Waals surface area contributed by atoms with Crippen LogP contribution >= 0.6 is 0 Å². The SMILES string of the molecule is CCC1(C)CC(CC(N)=O)(NC)CCO1. The summed E-state index contributed by atoms with van der Waals surface area (Å²) in [7, 11) is 1.89. The van der Waals surface area contributed by atoms with Gasteiger partial charge in [-0.1, -0.05) is 6.92 Å². The van der Waals surface area contributed by atoms with Crippen LogP contribution in [0.25, 0.3) is 0 Å². The summed E-state index contributed by atoms with van der Waals surface area (Å²) < 4.78 is 5.76. The average molecular weight is 214 g/mol. The first-order valence-corrected chi connectivity index (χ1v) is 5.56. The van der Waals surface area contributed by atoms with Crippen LogP contribution in [-0.4, -0.2) is 30.7 Å². The van der Waals surface area contributed by atoms with Gasteiger partial charge in [-0.15, -0.1) is 0 Å². The van der Waals surface area contributed by atoms with E-state index >= 15 is 0 Å². The molecule has 0 saturated carbocycles. The second-order valence-corrected chi connectivity index (χ2v) is 4.75. The number of nitrogens with two attached hydrogens (primary N) is 1. The minimum Gasteiger partial charge on any atom is -0.375 e. The predicted octanol–water partition coefficient (Wildman–Crippen LogP) is 0.799. The molecule has 4 nitrogen and oxygen atoms in total. The Balaban J connectivity index is 2.76. The van der Waals surface area contributed by atoms with Crippen LogP contribution < -0.4 is 11.1 Å². The molecule has 0 aromatic carbocycles. The third kappa shape index (κ3) is 2.92. The standard InChI is InChI=1S/C11H22N2O2/c1-4-10(2)8-11(13-3,5-6-15-10)7-9(12)14/h13H,4-8H2,1-3H3,(H2,12,14). The number of amides is 1. The van der Waals surface area contributed by atoms with Crippen molar-refractivity contribution < 1.29 is 9.53 Å². The Labute approximate surface area is 91.5 Å². The maximum absolute atomic E-state index is 11.1. The highest BCUT2D eigenvalue weighted by Gasteiger charge is 2.42. The Morgan fingerprint density at radius 3 is 2.73 bits per heavy atom. The zero-order valence-corrected chi connectivity index (χ0v) is 9.93. The molecular formula is C11H22N2O2. The summed E-state index contributed by atoms with van der Waals surface area (Å²) >= 11 is 0. The summed E-state index contributed by atoms with van der Waals surface area (Å²) in [6, 6.07) is 0. The number of carbonyl (C=O) groups is 1. The highest BCUT2D eigenvalue weighted by molar-refractivity contribution is 5.75. The van der Waals surface area contributed by atoms with Crippen molar-refractivity contribution >= 4 is 5.91 Å². The van der Waals surface area contributed by atoms with Crippen LogP contribution in [0.3, 0.4) is 0 Å². The summed E-state index contributed by atoms with van der Waals surface area (Å²) in [6.07, 6.45) is 3.04. The Bertz CT molecular complexity index is 245. The van der Waals surface area contributed by atoms with Crippen LogP contribution in [0, 0.1) is 0 Å². The van der Waals surface area contributed by atoms with Crippen LogP contribution in [0.1, 0.15) is 39.5 Å². The molecular weight excluding hydrogens is 192 g/mol. The normalized spacial score (nSPS) is 36.5. The van der Waals surface area contributed by atoms with Crippen LogP contribution in [0.5, 0.6) is 0 Å². The topological polar surface area (TPSA) is 64.4 Å². The van der Waals surface area contributed by atoms with Crippen LogP contribution in [0.2, 0.25) is 0 Å². The number of hydrogen-bond donors (Lipinski definition) is 2. The van der Waals surface area contributed by atoms with E-state index in [-0.39, 0.29) is 17.0 Å². The van der Waals surface area contributed by atoms with Crippen molar-refractivity contribution in [1.29, 1.82) is 0 Å². The molecule has 0 radical (unpaired) electrons. The number of primary amides is 1. The van der Waals surface area contributed by atoms with E-state index in [4.69, 9.17) is 10.5 Å². The van der Waals surface area contributed by atoms with E-state index in [9.17, 15) is 4.79 Å². The first-order chi connectivity index (χ1) is 6.95. The predicted molar refractivity (Wildman–Crippen MR) is 59.5 cm³/mol. The molecule has 0 spiro atoms. The lowest BCUT2D eigenvalue weighted by molar-refractivity contribution is -0.126. The van der Waals surface area contributed by atoms with Gasteiger partial charge in [0.15, 0.2) is 0 Å². The quantitative estimate of drug-likeness (QED) is 0.727. The molecule has 1 rings (SSSR count). The third-order valence-corrected chi connectivity index (χ3v) is 3.53. The fourth-order valence-corrected chi connectivity index (χ4v) is 2.36. The monoisotopic (exact) mass is 214 g/mol. The van der Waals surface area contributed by atoms with Crippen LogP contribution in [0.4, 0.5) is 0 Å². The van der Waals surface area contributed by atoms with Crippen LogP contribution in [-0.2, 0) is 9.53 Å². The van der Waals surface area contributed by atoms with Gasteiger partial charge in [-0.25, -0.2) is 0 Å². The van der Waals surface area contributed by atoms with Gasteiger partial charge in [-0.05, 0) is 33.2 Å². The molecule has 0 aliphatic carbocycles. The Hall–Kier alpha value is -0.610. The van der Waals surface area contributed by atoms with Gasteiger partial charge in [-0.3, -0.25) is 4.79 Å². The van der Waals surface area contributed by atoms with Crippen molar-refractivity contribution in [3.05, 3.63) is 0 Å². The molecule has 15 heavy (non-hydrogen) atoms. The summed E-state index contributed by atoms with van der Waals surface area (Å²) in [5.74, 6) is -0.246. The van der Waals surface area contributed by atoms with E-state index in [0.29, 0.717) is 13.0 Å². The fourth-order valence-electron chi connectivity index (χ4n) is 2.36. The van der Waals surface area contributed by atoms with E-state index in [1.165, 1.54) is 0 Å². The van der Waals surface area contributed by atoms with Gasteiger partial charge < -0.3 is 15.8 Å². The van der Waals surface area contributed by atoms with Gasteiger partial charge in [0.2, 0.25) is 5.91 Å². The van der Waals surface area contributed by atoms with Gasteiger partial charge in [0.05, 0.1) is 5.60 Å². The van der Waals surface area contributed by atoms with Crippen molar-refractivity contribution in [1.82, 2.24) is 5.32 Å². The molecule has 4 heteroatoms. The van der Waals surface area contributed by atoms with Crippen molar-refractivity contribution in [3.8, 4) is 0 Å². The molecule has 1 fully saturated rings. The van der Waals surface area contributed by atoms with Gasteiger partial charge in [-0.2, -0.15) is 0 Å². The van der Waals surface area contributed by atoms with E-state index in [0.717, 1.165) is 19.3 Å². The zero-order valence-electron chi connectivity index (χ0n) is 9.93. The molecule has 88 valence electrons. The van der Waals surface area contributed by atoms with Gasteiger partial charge in [0.25, 0.3) is 0 Å². The maximum Gasteiger partial charge on any atom is 0.219 e. The van der Waals surface area contributed by atoms with Gasteiger partial charge in [0.1, 0.15) is 0 Å². The van der Waals surface area contributed by atoms with E-state index in [2.05, 4.69) is 19.2 Å². The maximum atomic E-state index is 11.1. The zero-order chi connectivity index (χ0) is 11.5. The lowest BCUT2D eigenvalue weighted by Crippen LogP contribution is -2.55. The molecule has 2 atom stereocenters. The van der Waals surface area contributed by atoms with Crippen molar-refractivity contribution in [2.75, 3.05) is 13.7 Å². The smallest absolute Gasteiger partial charge is 0.219 e. The first kappa shape index (κ1) is 12.5. The summed E-state index contributed by atoms with van der Waals surface area (Å²) in [6.45, 7) is 4.90. The molecule has 2 unspecified atom stereocenters. The summed E-state index contributed by atoms with van der Waals surface area (Å²) in [5.41, 5.74) is 4.99. The van der Waals surface area contributed by atoms with Crippen molar-refractivity contribution in [2.45, 2.75) is 50.7 Å². The molecule has 1 aliphatic heterocycles. The number of rotatable bonds is 4. The fraction of sp³-hybridized carbons (Fsp3) is 0.909. The minimum atomic E-state index is -0.246. The molecule has 0 aromatic heterocycles. The second kappa shape index (κ2) is 4.49. The van der Waals surface area contributed by atoms with Gasteiger partial charge in [0, 0.05) is 18.6 Å². The largest absolute Gasteiger partial charge is 0.375 e. The summed E-state index contributed by atoms with van der Waals surface area (Å²) in [5, 5.41) is 3.26. The Morgan fingerprint density at radius 1 is 1.60 bits per heavy atom. The molecule has 0 bridgehead atoms. The number of carbonyl (C=O) groups excluding carboxylic acids is 1. The Morgan fingerprint density at radius 2 is 2.27 bits per heavy atom. The van der Waals surface area contributed by atoms with Crippen molar-refractivity contribution in [3.63, 3.8) is 0 Å². The van der Waals surface area contributed by atoms with Crippen molar-refractivity contribution in [2.24, 2.45) is 5.73 Å².